The van der Waals surface area contributed by atoms with E-state index >= 15 is 0 Å². The van der Waals surface area contributed by atoms with Gasteiger partial charge >= 0.3 is 6.03 Å². The summed E-state index contributed by atoms with van der Waals surface area (Å²) in [5, 5.41) is 5.70. The summed E-state index contributed by atoms with van der Waals surface area (Å²) in [6, 6.07) is 5.52. The second-order valence-electron chi connectivity index (χ2n) is 8.88. The maximum absolute atomic E-state index is 13.3. The molecule has 2 N–H and O–H groups in total. The molecule has 0 unspecified atom stereocenters. The zero-order valence-electron chi connectivity index (χ0n) is 17.9. The second kappa shape index (κ2) is 8.92. The third-order valence-electron chi connectivity index (χ3n) is 6.78. The molecule has 2 heterocycles. The van der Waals surface area contributed by atoms with Crippen molar-refractivity contribution in [2.24, 2.45) is 5.92 Å². The molecule has 1 saturated carbocycles. The van der Waals surface area contributed by atoms with Crippen molar-refractivity contribution in [2.45, 2.75) is 38.1 Å². The first-order valence-electron chi connectivity index (χ1n) is 11.0. The predicted molar refractivity (Wildman–Crippen MR) is 114 cm³/mol. The average Bonchev–Trinajstić information content (AvgIpc) is 2.96. The fourth-order valence-electron chi connectivity index (χ4n) is 4.88. The Labute approximate surface area is 181 Å². The van der Waals surface area contributed by atoms with Crippen LogP contribution in [0, 0.1) is 11.7 Å². The largest absolute Gasteiger partial charge is 0.326 e. The highest BCUT2D eigenvalue weighted by molar-refractivity contribution is 6.07. The van der Waals surface area contributed by atoms with Crippen molar-refractivity contribution in [3.63, 3.8) is 0 Å². The maximum atomic E-state index is 13.3. The summed E-state index contributed by atoms with van der Waals surface area (Å²) in [5.41, 5.74) is -0.292. The standard InChI is InChI=1S/C22H30FN5O3/c1-16-5-2-3-8-22(16)20(30)28(21(31)25-22)15-27-11-9-26(10-12-27)14-19(29)24-18-7-4-6-17(23)13-18/h4,6-7,13,16H,2-3,5,8-12,14-15H2,1H3,(H,24,29)(H,25,31)/t16-,22-/m1/s1. The molecule has 9 heteroatoms. The summed E-state index contributed by atoms with van der Waals surface area (Å²) < 4.78 is 13.3. The fourth-order valence-corrected chi connectivity index (χ4v) is 4.88. The van der Waals surface area contributed by atoms with E-state index in [0.29, 0.717) is 38.3 Å². The highest BCUT2D eigenvalue weighted by Gasteiger charge is 2.55. The first-order valence-corrected chi connectivity index (χ1v) is 11.0. The number of halogens is 1. The van der Waals surface area contributed by atoms with E-state index in [-0.39, 0.29) is 37.0 Å². The Balaban J connectivity index is 1.26. The van der Waals surface area contributed by atoms with E-state index in [4.69, 9.17) is 0 Å². The van der Waals surface area contributed by atoms with Crippen molar-refractivity contribution in [2.75, 3.05) is 44.7 Å². The molecule has 2 atom stereocenters. The van der Waals surface area contributed by atoms with E-state index in [1.165, 1.54) is 17.0 Å². The predicted octanol–water partition coefficient (Wildman–Crippen LogP) is 1.84. The lowest BCUT2D eigenvalue weighted by molar-refractivity contribution is -0.136. The van der Waals surface area contributed by atoms with Gasteiger partial charge in [-0.1, -0.05) is 25.8 Å². The number of imide groups is 1. The molecule has 1 aromatic carbocycles. The van der Waals surface area contributed by atoms with Crippen molar-refractivity contribution >= 4 is 23.5 Å². The van der Waals surface area contributed by atoms with Crippen LogP contribution in [0.4, 0.5) is 14.9 Å². The van der Waals surface area contributed by atoms with Crippen LogP contribution in [0.5, 0.6) is 0 Å². The summed E-state index contributed by atoms with van der Waals surface area (Å²) in [4.78, 5) is 43.4. The Morgan fingerprint density at radius 1 is 1.19 bits per heavy atom. The molecule has 1 spiro atoms. The van der Waals surface area contributed by atoms with Crippen LogP contribution in [0.15, 0.2) is 24.3 Å². The summed E-state index contributed by atoms with van der Waals surface area (Å²) in [6.07, 6.45) is 3.72. The molecule has 168 valence electrons. The van der Waals surface area contributed by atoms with Crippen LogP contribution in [0.25, 0.3) is 0 Å². The molecule has 2 aliphatic heterocycles. The SMILES string of the molecule is C[C@@H]1CCCC[C@@]12NC(=O)N(CN1CCN(CC(=O)Nc3cccc(F)c3)CC1)C2=O. The van der Waals surface area contributed by atoms with E-state index < -0.39 is 11.4 Å². The van der Waals surface area contributed by atoms with Gasteiger partial charge in [0.15, 0.2) is 0 Å². The third kappa shape index (κ3) is 4.57. The third-order valence-corrected chi connectivity index (χ3v) is 6.78. The molecule has 8 nitrogen and oxygen atoms in total. The van der Waals surface area contributed by atoms with Crippen LogP contribution in [0.1, 0.15) is 32.6 Å². The monoisotopic (exact) mass is 431 g/mol. The van der Waals surface area contributed by atoms with Crippen LogP contribution in [-0.4, -0.2) is 77.5 Å². The van der Waals surface area contributed by atoms with Gasteiger partial charge in [0.1, 0.15) is 11.4 Å². The number of nitrogens with one attached hydrogen (secondary N) is 2. The maximum Gasteiger partial charge on any atom is 0.326 e. The molecule has 4 amide bonds. The molecule has 3 aliphatic rings. The van der Waals surface area contributed by atoms with Gasteiger partial charge in [0, 0.05) is 31.9 Å². The topological polar surface area (TPSA) is 85.0 Å². The smallest absolute Gasteiger partial charge is 0.325 e. The first-order chi connectivity index (χ1) is 14.9. The number of hydrogen-bond acceptors (Lipinski definition) is 5. The quantitative estimate of drug-likeness (QED) is 0.695. The van der Waals surface area contributed by atoms with Crippen molar-refractivity contribution < 1.29 is 18.8 Å². The molecule has 0 bridgehead atoms. The minimum absolute atomic E-state index is 0.0957. The number of urea groups is 1. The van der Waals surface area contributed by atoms with Gasteiger partial charge in [-0.15, -0.1) is 0 Å². The van der Waals surface area contributed by atoms with E-state index in [1.807, 2.05) is 4.90 Å². The molecule has 4 rings (SSSR count). The van der Waals surface area contributed by atoms with Crippen molar-refractivity contribution in [1.82, 2.24) is 20.0 Å². The lowest BCUT2D eigenvalue weighted by Gasteiger charge is -2.38. The molecular formula is C22H30FN5O3. The van der Waals surface area contributed by atoms with Crippen LogP contribution in [-0.2, 0) is 9.59 Å². The Morgan fingerprint density at radius 2 is 1.94 bits per heavy atom. The number of rotatable bonds is 5. The summed E-state index contributed by atoms with van der Waals surface area (Å²) in [6.45, 7) is 5.17. The van der Waals surface area contributed by atoms with E-state index in [0.717, 1.165) is 19.3 Å². The molecule has 0 radical (unpaired) electrons. The molecule has 2 saturated heterocycles. The summed E-state index contributed by atoms with van der Waals surface area (Å²) >= 11 is 0. The normalized spacial score (nSPS) is 27.5. The highest BCUT2D eigenvalue weighted by Crippen LogP contribution is 2.38. The molecule has 31 heavy (non-hydrogen) atoms. The van der Waals surface area contributed by atoms with Gasteiger partial charge in [0.2, 0.25) is 5.91 Å². The number of amides is 4. The van der Waals surface area contributed by atoms with E-state index in [2.05, 4.69) is 22.5 Å². The lowest BCUT2D eigenvalue weighted by Crippen LogP contribution is -2.55. The molecule has 1 aliphatic carbocycles. The first kappa shape index (κ1) is 21.7. The zero-order chi connectivity index (χ0) is 22.0. The van der Waals surface area contributed by atoms with Crippen molar-refractivity contribution in [3.8, 4) is 0 Å². The number of carbonyl (C=O) groups is 3. The highest BCUT2D eigenvalue weighted by atomic mass is 19.1. The van der Waals surface area contributed by atoms with Gasteiger partial charge in [0.25, 0.3) is 5.91 Å². The van der Waals surface area contributed by atoms with Gasteiger partial charge in [-0.2, -0.15) is 0 Å². The number of anilines is 1. The van der Waals surface area contributed by atoms with E-state index in [9.17, 15) is 18.8 Å². The second-order valence-corrected chi connectivity index (χ2v) is 8.88. The average molecular weight is 432 g/mol. The minimum atomic E-state index is -0.730. The van der Waals surface area contributed by atoms with Crippen molar-refractivity contribution in [3.05, 3.63) is 30.1 Å². The van der Waals surface area contributed by atoms with Crippen LogP contribution in [0.2, 0.25) is 0 Å². The van der Waals surface area contributed by atoms with Gasteiger partial charge in [-0.3, -0.25) is 19.4 Å². The Morgan fingerprint density at radius 3 is 2.65 bits per heavy atom. The summed E-state index contributed by atoms with van der Waals surface area (Å²) in [5.74, 6) is -0.532. The number of carbonyl (C=O) groups excluding carboxylic acids is 3. The van der Waals surface area contributed by atoms with Gasteiger partial charge in [0.05, 0.1) is 13.2 Å². The van der Waals surface area contributed by atoms with Crippen molar-refractivity contribution in [1.29, 1.82) is 0 Å². The van der Waals surface area contributed by atoms with Gasteiger partial charge < -0.3 is 10.6 Å². The van der Waals surface area contributed by atoms with Gasteiger partial charge in [-0.05, 0) is 37.0 Å². The Hall–Kier alpha value is -2.52. The minimum Gasteiger partial charge on any atom is -0.325 e. The zero-order valence-corrected chi connectivity index (χ0v) is 17.9. The molecule has 3 fully saturated rings. The van der Waals surface area contributed by atoms with Crippen LogP contribution >= 0.6 is 0 Å². The fraction of sp³-hybridized carbons (Fsp3) is 0.591. The number of benzene rings is 1. The molecular weight excluding hydrogens is 401 g/mol. The van der Waals surface area contributed by atoms with E-state index in [1.54, 1.807) is 12.1 Å². The van der Waals surface area contributed by atoms with Crippen LogP contribution in [0.3, 0.4) is 0 Å². The molecule has 1 aromatic rings. The number of hydrogen-bond donors (Lipinski definition) is 2. The lowest BCUT2D eigenvalue weighted by atomic mass is 9.73. The molecule has 0 aromatic heterocycles. The number of piperazine rings is 1. The van der Waals surface area contributed by atoms with Gasteiger partial charge in [-0.25, -0.2) is 14.1 Å². The Kier molecular flexibility index (Phi) is 6.24. The number of nitrogens with zero attached hydrogens (tertiary/aromatic N) is 3. The Bertz CT molecular complexity index is 857. The van der Waals surface area contributed by atoms with Crippen LogP contribution < -0.4 is 10.6 Å². The summed E-state index contributed by atoms with van der Waals surface area (Å²) in [7, 11) is 0.